The molecule has 0 unspecified atom stereocenters. The fourth-order valence-electron chi connectivity index (χ4n) is 1.49. The number of carbonyl (C=O) groups excluding carboxylic acids is 2. The third kappa shape index (κ3) is 4.20. The van der Waals surface area contributed by atoms with Gasteiger partial charge in [-0.3, -0.25) is 9.59 Å². The molecule has 0 atom stereocenters. The Labute approximate surface area is 114 Å². The van der Waals surface area contributed by atoms with E-state index in [1.54, 1.807) is 0 Å². The van der Waals surface area contributed by atoms with Gasteiger partial charge in [-0.25, -0.2) is 9.18 Å². The van der Waals surface area contributed by atoms with E-state index < -0.39 is 23.6 Å². The lowest BCUT2D eigenvalue weighted by Crippen LogP contribution is -2.35. The van der Waals surface area contributed by atoms with Crippen molar-refractivity contribution in [3.63, 3.8) is 0 Å². The summed E-state index contributed by atoms with van der Waals surface area (Å²) >= 11 is 0. The van der Waals surface area contributed by atoms with Crippen molar-refractivity contribution < 1.29 is 23.9 Å². The van der Waals surface area contributed by atoms with Gasteiger partial charge in [-0.15, -0.1) is 0 Å². The van der Waals surface area contributed by atoms with Crippen LogP contribution in [-0.2, 0) is 9.59 Å². The minimum Gasteiger partial charge on any atom is -0.478 e. The van der Waals surface area contributed by atoms with E-state index in [9.17, 15) is 18.8 Å². The first-order chi connectivity index (χ1) is 9.31. The molecular weight excluding hydrogens is 267 g/mol. The Morgan fingerprint density at radius 2 is 2.05 bits per heavy atom. The first-order valence-electron chi connectivity index (χ1n) is 5.55. The maximum atomic E-state index is 13.8. The molecule has 0 spiro atoms. The number of hydrogen-bond acceptors (Lipinski definition) is 3. The van der Waals surface area contributed by atoms with Crippen LogP contribution in [0.25, 0.3) is 6.08 Å². The number of likely N-dealkylation sites (N-methyl/N-ethyl adjacent to an activating group) is 1. The maximum Gasteiger partial charge on any atom is 0.328 e. The minimum atomic E-state index is -1.16. The number of hydrogen-bond donors (Lipinski definition) is 2. The lowest BCUT2D eigenvalue weighted by atomic mass is 10.1. The molecule has 1 aromatic rings. The zero-order chi connectivity index (χ0) is 15.3. The van der Waals surface area contributed by atoms with Crippen molar-refractivity contribution in [2.24, 2.45) is 5.73 Å². The fourth-order valence-corrected chi connectivity index (χ4v) is 1.49. The van der Waals surface area contributed by atoms with Gasteiger partial charge in [0.25, 0.3) is 5.91 Å². The molecule has 6 nitrogen and oxygen atoms in total. The van der Waals surface area contributed by atoms with Gasteiger partial charge in [-0.05, 0) is 23.8 Å². The van der Waals surface area contributed by atoms with Gasteiger partial charge in [-0.2, -0.15) is 0 Å². The van der Waals surface area contributed by atoms with Crippen LogP contribution in [-0.4, -0.2) is 41.4 Å². The van der Waals surface area contributed by atoms with E-state index in [4.69, 9.17) is 10.8 Å². The summed E-state index contributed by atoms with van der Waals surface area (Å²) in [4.78, 5) is 33.9. The summed E-state index contributed by atoms with van der Waals surface area (Å²) in [5.74, 6) is -3.36. The summed E-state index contributed by atoms with van der Waals surface area (Å²) < 4.78 is 13.8. The van der Waals surface area contributed by atoms with Gasteiger partial charge in [0, 0.05) is 13.1 Å². The molecule has 0 aliphatic rings. The first kappa shape index (κ1) is 15.4. The molecule has 0 fully saturated rings. The average molecular weight is 280 g/mol. The van der Waals surface area contributed by atoms with Crippen molar-refractivity contribution in [2.75, 3.05) is 13.6 Å². The summed E-state index contributed by atoms with van der Waals surface area (Å²) in [5.41, 5.74) is 5.03. The molecule has 1 aromatic carbocycles. The van der Waals surface area contributed by atoms with Crippen LogP contribution in [0.5, 0.6) is 0 Å². The maximum absolute atomic E-state index is 13.8. The van der Waals surface area contributed by atoms with Gasteiger partial charge < -0.3 is 15.7 Å². The lowest BCUT2D eigenvalue weighted by molar-refractivity contribution is -0.131. The number of benzene rings is 1. The normalized spacial score (nSPS) is 10.5. The van der Waals surface area contributed by atoms with Gasteiger partial charge in [0.15, 0.2) is 0 Å². The van der Waals surface area contributed by atoms with Gasteiger partial charge in [0.2, 0.25) is 5.91 Å². The molecule has 0 aliphatic heterocycles. The third-order valence-electron chi connectivity index (χ3n) is 2.38. The molecule has 0 aromatic heterocycles. The Balaban J connectivity index is 2.95. The van der Waals surface area contributed by atoms with Crippen molar-refractivity contribution >= 4 is 23.9 Å². The van der Waals surface area contributed by atoms with Gasteiger partial charge in [0.1, 0.15) is 5.82 Å². The van der Waals surface area contributed by atoms with Gasteiger partial charge in [0.05, 0.1) is 12.1 Å². The molecule has 0 heterocycles. The highest BCUT2D eigenvalue weighted by Gasteiger charge is 2.17. The molecule has 106 valence electrons. The molecule has 2 amide bonds. The quantitative estimate of drug-likeness (QED) is 0.766. The predicted molar refractivity (Wildman–Crippen MR) is 69.2 cm³/mol. The summed E-state index contributed by atoms with van der Waals surface area (Å²) in [6, 6.07) is 3.65. The number of nitrogens with two attached hydrogens (primary N) is 1. The molecule has 0 aliphatic carbocycles. The summed E-state index contributed by atoms with van der Waals surface area (Å²) in [6.45, 7) is -0.320. The van der Waals surface area contributed by atoms with Crippen LogP contribution in [0.3, 0.4) is 0 Å². The van der Waals surface area contributed by atoms with E-state index in [0.29, 0.717) is 5.56 Å². The second kappa shape index (κ2) is 6.46. The minimum absolute atomic E-state index is 0.221. The van der Waals surface area contributed by atoms with Crippen LogP contribution >= 0.6 is 0 Å². The predicted octanol–water partition coefficient (Wildman–Crippen LogP) is 0.481. The largest absolute Gasteiger partial charge is 0.478 e. The lowest BCUT2D eigenvalue weighted by Gasteiger charge is -2.15. The van der Waals surface area contributed by atoms with E-state index in [1.165, 1.54) is 25.3 Å². The second-order valence-electron chi connectivity index (χ2n) is 4.04. The summed E-state index contributed by atoms with van der Waals surface area (Å²) in [5, 5.41) is 8.46. The molecule has 0 saturated heterocycles. The SMILES string of the molecule is CN(CC(N)=O)C(=O)c1ccc(C=CC(=O)O)cc1F. The van der Waals surface area contributed by atoms with Crippen LogP contribution in [0.2, 0.25) is 0 Å². The standard InChI is InChI=1S/C13H13FN2O4/c1-16(7-11(15)17)13(20)9-4-2-8(6-10(9)14)3-5-12(18)19/h2-6H,7H2,1H3,(H2,15,17)(H,18,19). The molecule has 3 N–H and O–H groups in total. The Morgan fingerprint density at radius 1 is 1.40 bits per heavy atom. The second-order valence-corrected chi connectivity index (χ2v) is 4.04. The zero-order valence-corrected chi connectivity index (χ0v) is 10.7. The summed E-state index contributed by atoms with van der Waals surface area (Å²) in [7, 11) is 1.32. The Kier molecular flexibility index (Phi) is 4.96. The molecule has 0 saturated carbocycles. The van der Waals surface area contributed by atoms with E-state index in [1.807, 2.05) is 0 Å². The number of aliphatic carboxylic acids is 1. The number of carbonyl (C=O) groups is 3. The van der Waals surface area contributed by atoms with Crippen molar-refractivity contribution in [3.05, 3.63) is 41.2 Å². The van der Waals surface area contributed by atoms with Crippen LogP contribution in [0.15, 0.2) is 24.3 Å². The number of primary amides is 1. The van der Waals surface area contributed by atoms with Crippen molar-refractivity contribution in [1.29, 1.82) is 0 Å². The van der Waals surface area contributed by atoms with Crippen LogP contribution < -0.4 is 5.73 Å². The summed E-state index contributed by atoms with van der Waals surface area (Å²) in [6.07, 6.45) is 2.06. The Hall–Kier alpha value is -2.70. The highest BCUT2D eigenvalue weighted by Crippen LogP contribution is 2.13. The van der Waals surface area contributed by atoms with Crippen LogP contribution in [0, 0.1) is 5.82 Å². The van der Waals surface area contributed by atoms with Crippen LogP contribution in [0.1, 0.15) is 15.9 Å². The zero-order valence-electron chi connectivity index (χ0n) is 10.7. The highest BCUT2D eigenvalue weighted by atomic mass is 19.1. The van der Waals surface area contributed by atoms with E-state index in [0.717, 1.165) is 17.0 Å². The third-order valence-corrected chi connectivity index (χ3v) is 2.38. The fraction of sp³-hybridized carbons (Fsp3) is 0.154. The molecule has 7 heteroatoms. The molecule has 0 radical (unpaired) electrons. The van der Waals surface area contributed by atoms with Crippen molar-refractivity contribution in [3.8, 4) is 0 Å². The number of carboxylic acid groups (broad SMARTS) is 1. The van der Waals surface area contributed by atoms with Gasteiger partial charge in [-0.1, -0.05) is 6.07 Å². The molecule has 20 heavy (non-hydrogen) atoms. The number of nitrogens with zero attached hydrogens (tertiary/aromatic N) is 1. The molecular formula is C13H13FN2O4. The Bertz CT molecular complexity index is 584. The number of carboxylic acids is 1. The average Bonchev–Trinajstić information content (AvgIpc) is 2.34. The van der Waals surface area contributed by atoms with E-state index in [-0.39, 0.29) is 12.1 Å². The molecule has 0 bridgehead atoms. The van der Waals surface area contributed by atoms with Crippen LogP contribution in [0.4, 0.5) is 4.39 Å². The smallest absolute Gasteiger partial charge is 0.328 e. The number of amides is 2. The van der Waals surface area contributed by atoms with Crippen molar-refractivity contribution in [2.45, 2.75) is 0 Å². The van der Waals surface area contributed by atoms with Gasteiger partial charge >= 0.3 is 5.97 Å². The Morgan fingerprint density at radius 3 is 2.55 bits per heavy atom. The van der Waals surface area contributed by atoms with Crippen molar-refractivity contribution in [1.82, 2.24) is 4.90 Å². The molecule has 1 rings (SSSR count). The number of rotatable bonds is 5. The highest BCUT2D eigenvalue weighted by molar-refractivity contribution is 5.96. The van der Waals surface area contributed by atoms with E-state index in [2.05, 4.69) is 0 Å². The topological polar surface area (TPSA) is 101 Å². The van der Waals surface area contributed by atoms with E-state index >= 15 is 0 Å². The first-order valence-corrected chi connectivity index (χ1v) is 5.55. The monoisotopic (exact) mass is 280 g/mol. The number of halogens is 1.